The number of aryl methyl sites for hydroxylation is 1. The third kappa shape index (κ3) is 2.25. The van der Waals surface area contributed by atoms with Crippen molar-refractivity contribution in [2.75, 3.05) is 0 Å². The molecule has 0 spiro atoms. The van der Waals surface area contributed by atoms with E-state index in [2.05, 4.69) is 25.1 Å². The summed E-state index contributed by atoms with van der Waals surface area (Å²) in [5.74, 6) is 0.605. The summed E-state index contributed by atoms with van der Waals surface area (Å²) in [7, 11) is 0. The van der Waals surface area contributed by atoms with Crippen LogP contribution in [0.5, 0.6) is 0 Å². The van der Waals surface area contributed by atoms with E-state index < -0.39 is 0 Å². The lowest BCUT2D eigenvalue weighted by molar-refractivity contribution is 0.0928. The Morgan fingerprint density at radius 3 is 3.00 bits per heavy atom. The average Bonchev–Trinajstić information content (AvgIpc) is 2.92. The van der Waals surface area contributed by atoms with E-state index in [0.29, 0.717) is 11.9 Å². The highest BCUT2D eigenvalue weighted by Gasteiger charge is 2.28. The van der Waals surface area contributed by atoms with E-state index in [0.717, 1.165) is 24.1 Å². The summed E-state index contributed by atoms with van der Waals surface area (Å²) in [5, 5.41) is 9.52. The number of amides is 1. The van der Waals surface area contributed by atoms with Crippen molar-refractivity contribution in [2.45, 2.75) is 38.8 Å². The molecule has 0 bridgehead atoms. The van der Waals surface area contributed by atoms with Crippen LogP contribution in [-0.2, 0) is 0 Å². The van der Waals surface area contributed by atoms with Crippen molar-refractivity contribution in [1.82, 2.24) is 25.1 Å². The SMILES string of the molecule is Cc1ccn(C2CC2)c1C(=O)NC(C)c1ncn[nH]1. The number of H-pyrrole nitrogens is 1. The van der Waals surface area contributed by atoms with Crippen LogP contribution in [0.1, 0.15) is 53.7 Å². The standard InChI is InChI=1S/C13H17N5O/c1-8-5-6-18(10-3-4-10)11(8)13(19)16-9(2)12-14-7-15-17-12/h5-7,9-10H,3-4H2,1-2H3,(H,16,19)(H,14,15,17). The molecule has 1 aliphatic rings. The minimum absolute atomic E-state index is 0.0571. The van der Waals surface area contributed by atoms with Gasteiger partial charge in [-0.15, -0.1) is 0 Å². The Balaban J connectivity index is 1.78. The van der Waals surface area contributed by atoms with Gasteiger partial charge in [-0.25, -0.2) is 4.98 Å². The molecule has 3 rings (SSSR count). The smallest absolute Gasteiger partial charge is 0.268 e. The molecule has 0 saturated heterocycles. The van der Waals surface area contributed by atoms with Crippen molar-refractivity contribution >= 4 is 5.91 Å². The highest BCUT2D eigenvalue weighted by atomic mass is 16.2. The van der Waals surface area contributed by atoms with Crippen LogP contribution in [0.15, 0.2) is 18.6 Å². The number of rotatable bonds is 4. The zero-order valence-electron chi connectivity index (χ0n) is 11.1. The maximum Gasteiger partial charge on any atom is 0.268 e. The first-order chi connectivity index (χ1) is 9.16. The second-order valence-corrected chi connectivity index (χ2v) is 5.05. The number of carbonyl (C=O) groups excluding carboxylic acids is 1. The molecule has 19 heavy (non-hydrogen) atoms. The Labute approximate surface area is 111 Å². The summed E-state index contributed by atoms with van der Waals surface area (Å²) in [5.41, 5.74) is 1.77. The van der Waals surface area contributed by atoms with Gasteiger partial charge in [0.15, 0.2) is 0 Å². The second-order valence-electron chi connectivity index (χ2n) is 5.05. The molecule has 1 unspecified atom stereocenters. The topological polar surface area (TPSA) is 75.6 Å². The number of aromatic nitrogens is 4. The molecule has 1 fully saturated rings. The van der Waals surface area contributed by atoms with Crippen molar-refractivity contribution in [2.24, 2.45) is 0 Å². The van der Waals surface area contributed by atoms with Crippen molar-refractivity contribution in [3.63, 3.8) is 0 Å². The molecule has 1 atom stereocenters. The number of nitrogens with zero attached hydrogens (tertiary/aromatic N) is 3. The average molecular weight is 259 g/mol. The number of hydrogen-bond acceptors (Lipinski definition) is 3. The molecule has 2 aromatic heterocycles. The Bertz CT molecular complexity index is 582. The van der Waals surface area contributed by atoms with Gasteiger partial charge in [0.25, 0.3) is 5.91 Å². The van der Waals surface area contributed by atoms with Crippen molar-refractivity contribution in [3.05, 3.63) is 35.7 Å². The van der Waals surface area contributed by atoms with Crippen molar-refractivity contribution in [3.8, 4) is 0 Å². The molecule has 6 heteroatoms. The van der Waals surface area contributed by atoms with Gasteiger partial charge in [0.1, 0.15) is 17.8 Å². The Morgan fingerprint density at radius 2 is 2.37 bits per heavy atom. The molecule has 0 radical (unpaired) electrons. The van der Waals surface area contributed by atoms with Crippen molar-refractivity contribution in [1.29, 1.82) is 0 Å². The molecule has 2 heterocycles. The molecule has 2 aromatic rings. The van der Waals surface area contributed by atoms with Gasteiger partial charge in [0.2, 0.25) is 0 Å². The van der Waals surface area contributed by atoms with Gasteiger partial charge in [-0.05, 0) is 38.3 Å². The lowest BCUT2D eigenvalue weighted by atomic mass is 10.2. The van der Waals surface area contributed by atoms with E-state index in [4.69, 9.17) is 0 Å². The van der Waals surface area contributed by atoms with Crippen molar-refractivity contribution < 1.29 is 4.79 Å². The molecular formula is C13H17N5O. The van der Waals surface area contributed by atoms with Gasteiger partial charge in [0.05, 0.1) is 6.04 Å². The van der Waals surface area contributed by atoms with Crippen LogP contribution < -0.4 is 5.32 Å². The summed E-state index contributed by atoms with van der Waals surface area (Å²) in [6, 6.07) is 2.30. The first-order valence-corrected chi connectivity index (χ1v) is 6.50. The Morgan fingerprint density at radius 1 is 1.58 bits per heavy atom. The summed E-state index contributed by atoms with van der Waals surface area (Å²) in [6.07, 6.45) is 5.76. The Hall–Kier alpha value is -2.11. The molecule has 0 aliphatic heterocycles. The fourth-order valence-electron chi connectivity index (χ4n) is 2.26. The molecular weight excluding hydrogens is 242 g/mol. The zero-order chi connectivity index (χ0) is 13.4. The van der Waals surface area contributed by atoms with Crippen LogP contribution in [0.25, 0.3) is 0 Å². The summed E-state index contributed by atoms with van der Waals surface area (Å²) < 4.78 is 2.08. The predicted octanol–water partition coefficient (Wildman–Crippen LogP) is 1.74. The molecule has 2 N–H and O–H groups in total. The first kappa shape index (κ1) is 12.0. The maximum atomic E-state index is 12.4. The van der Waals surface area contributed by atoms with Crippen LogP contribution in [-0.4, -0.2) is 25.7 Å². The molecule has 1 saturated carbocycles. The number of nitrogens with one attached hydrogen (secondary N) is 2. The monoisotopic (exact) mass is 259 g/mol. The maximum absolute atomic E-state index is 12.4. The lowest BCUT2D eigenvalue weighted by Gasteiger charge is -2.13. The predicted molar refractivity (Wildman–Crippen MR) is 69.7 cm³/mol. The van der Waals surface area contributed by atoms with E-state index >= 15 is 0 Å². The second kappa shape index (κ2) is 4.53. The van der Waals surface area contributed by atoms with Crippen LogP contribution >= 0.6 is 0 Å². The Kier molecular flexibility index (Phi) is 2.85. The fraction of sp³-hybridized carbons (Fsp3) is 0.462. The minimum Gasteiger partial charge on any atom is -0.341 e. The lowest BCUT2D eigenvalue weighted by Crippen LogP contribution is -2.29. The van der Waals surface area contributed by atoms with E-state index in [1.807, 2.05) is 26.1 Å². The van der Waals surface area contributed by atoms with Crippen LogP contribution in [0.3, 0.4) is 0 Å². The molecule has 1 aliphatic carbocycles. The van der Waals surface area contributed by atoms with E-state index in [1.165, 1.54) is 6.33 Å². The highest BCUT2D eigenvalue weighted by Crippen LogP contribution is 2.36. The number of carbonyl (C=O) groups is 1. The van der Waals surface area contributed by atoms with Gasteiger partial charge in [-0.3, -0.25) is 9.89 Å². The van der Waals surface area contributed by atoms with E-state index in [-0.39, 0.29) is 11.9 Å². The van der Waals surface area contributed by atoms with E-state index in [9.17, 15) is 4.79 Å². The molecule has 0 aromatic carbocycles. The third-order valence-corrected chi connectivity index (χ3v) is 3.46. The molecule has 6 nitrogen and oxygen atoms in total. The zero-order valence-corrected chi connectivity index (χ0v) is 11.1. The van der Waals surface area contributed by atoms with Gasteiger partial charge < -0.3 is 9.88 Å². The largest absolute Gasteiger partial charge is 0.341 e. The van der Waals surface area contributed by atoms with Crippen LogP contribution in [0.4, 0.5) is 0 Å². The van der Waals surface area contributed by atoms with Gasteiger partial charge >= 0.3 is 0 Å². The van der Waals surface area contributed by atoms with Gasteiger partial charge in [-0.1, -0.05) is 0 Å². The summed E-state index contributed by atoms with van der Waals surface area (Å²) >= 11 is 0. The minimum atomic E-state index is -0.183. The van der Waals surface area contributed by atoms with E-state index in [1.54, 1.807) is 0 Å². The molecule has 100 valence electrons. The third-order valence-electron chi connectivity index (χ3n) is 3.46. The fourth-order valence-corrected chi connectivity index (χ4v) is 2.26. The quantitative estimate of drug-likeness (QED) is 0.878. The van der Waals surface area contributed by atoms with Gasteiger partial charge in [0, 0.05) is 12.2 Å². The summed E-state index contributed by atoms with van der Waals surface area (Å²) in [6.45, 7) is 3.85. The summed E-state index contributed by atoms with van der Waals surface area (Å²) in [4.78, 5) is 16.4. The normalized spacial score (nSPS) is 16.3. The number of aromatic amines is 1. The van der Waals surface area contributed by atoms with Gasteiger partial charge in [-0.2, -0.15) is 5.10 Å². The highest BCUT2D eigenvalue weighted by molar-refractivity contribution is 5.94. The molecule has 1 amide bonds. The van der Waals surface area contributed by atoms with Crippen LogP contribution in [0.2, 0.25) is 0 Å². The first-order valence-electron chi connectivity index (χ1n) is 6.50. The van der Waals surface area contributed by atoms with Crippen LogP contribution in [0, 0.1) is 6.92 Å². The number of hydrogen-bond donors (Lipinski definition) is 2.